The molecule has 7 heteroatoms. The van der Waals surface area contributed by atoms with Crippen LogP contribution in [0.5, 0.6) is 0 Å². The molecule has 1 aromatic heterocycles. The molecule has 0 unspecified atom stereocenters. The third-order valence-electron chi connectivity index (χ3n) is 2.97. The van der Waals surface area contributed by atoms with Crippen molar-refractivity contribution in [1.29, 1.82) is 0 Å². The number of carbonyl (C=O) groups is 2. The fourth-order valence-corrected chi connectivity index (χ4v) is 2.01. The topological polar surface area (TPSA) is 78.7 Å². The van der Waals surface area contributed by atoms with Gasteiger partial charge < -0.3 is 10.0 Å². The zero-order valence-corrected chi connectivity index (χ0v) is 10.2. The lowest BCUT2D eigenvalue weighted by molar-refractivity contribution is -0.138. The van der Waals surface area contributed by atoms with Crippen LogP contribution in [0.2, 0.25) is 0 Å². The zero-order valence-electron chi connectivity index (χ0n) is 10.2. The van der Waals surface area contributed by atoms with Crippen LogP contribution in [0, 0.1) is 0 Å². The van der Waals surface area contributed by atoms with E-state index in [0.29, 0.717) is 31.7 Å². The van der Waals surface area contributed by atoms with Crippen LogP contribution in [-0.2, 0) is 11.8 Å². The summed E-state index contributed by atoms with van der Waals surface area (Å²) in [7, 11) is 1.77. The molecule has 0 spiro atoms. The molecule has 1 aliphatic heterocycles. The number of aliphatic carboxylic acids is 1. The lowest BCUT2D eigenvalue weighted by Gasteiger charge is -2.33. The van der Waals surface area contributed by atoms with E-state index in [2.05, 4.69) is 5.10 Å². The van der Waals surface area contributed by atoms with Crippen LogP contribution < -0.4 is 0 Å². The van der Waals surface area contributed by atoms with Crippen molar-refractivity contribution in [3.8, 4) is 0 Å². The fraction of sp³-hybridized carbons (Fsp3) is 0.545. The molecule has 0 aromatic carbocycles. The van der Waals surface area contributed by atoms with E-state index in [0.717, 1.165) is 0 Å². The van der Waals surface area contributed by atoms with Crippen LogP contribution >= 0.6 is 0 Å². The van der Waals surface area contributed by atoms with Gasteiger partial charge >= 0.3 is 5.97 Å². The molecule has 0 atom stereocenters. The minimum absolute atomic E-state index is 0.0366. The summed E-state index contributed by atoms with van der Waals surface area (Å²) in [6.45, 7) is 2.34. The van der Waals surface area contributed by atoms with E-state index < -0.39 is 5.97 Å². The first-order valence-electron chi connectivity index (χ1n) is 5.78. The molecule has 18 heavy (non-hydrogen) atoms. The first kappa shape index (κ1) is 12.6. The molecule has 0 saturated carbocycles. The number of piperazine rings is 1. The van der Waals surface area contributed by atoms with E-state index in [1.165, 1.54) is 0 Å². The molecule has 2 heterocycles. The van der Waals surface area contributed by atoms with E-state index in [1.54, 1.807) is 29.0 Å². The Balaban J connectivity index is 1.90. The van der Waals surface area contributed by atoms with Gasteiger partial charge in [0.15, 0.2) is 0 Å². The largest absolute Gasteiger partial charge is 0.480 e. The maximum absolute atomic E-state index is 12.1. The number of nitrogens with zero attached hydrogens (tertiary/aromatic N) is 4. The molecule has 0 aliphatic carbocycles. The lowest BCUT2D eigenvalue weighted by atomic mass is 10.2. The molecule has 1 amide bonds. The van der Waals surface area contributed by atoms with Crippen LogP contribution in [0.3, 0.4) is 0 Å². The zero-order chi connectivity index (χ0) is 13.1. The quantitative estimate of drug-likeness (QED) is 0.766. The highest BCUT2D eigenvalue weighted by Crippen LogP contribution is 2.07. The Morgan fingerprint density at radius 2 is 2.00 bits per heavy atom. The molecule has 2 rings (SSSR count). The summed E-state index contributed by atoms with van der Waals surface area (Å²) in [5.41, 5.74) is 0.573. The average Bonchev–Trinajstić information content (AvgIpc) is 2.75. The molecular weight excluding hydrogens is 236 g/mol. The van der Waals surface area contributed by atoms with Crippen molar-refractivity contribution >= 4 is 11.9 Å². The van der Waals surface area contributed by atoms with Crippen LogP contribution in [-0.4, -0.2) is 69.3 Å². The molecule has 1 aromatic rings. The van der Waals surface area contributed by atoms with Gasteiger partial charge in [-0.1, -0.05) is 0 Å². The Morgan fingerprint density at radius 1 is 1.33 bits per heavy atom. The van der Waals surface area contributed by atoms with E-state index >= 15 is 0 Å². The summed E-state index contributed by atoms with van der Waals surface area (Å²) in [6, 6.07) is 0. The maximum Gasteiger partial charge on any atom is 0.317 e. The highest BCUT2D eigenvalue weighted by atomic mass is 16.4. The molecule has 98 valence electrons. The SMILES string of the molecule is Cn1cc(C(=O)N2CCN(CC(=O)O)CC2)cn1. The van der Waals surface area contributed by atoms with Gasteiger partial charge in [-0.2, -0.15) is 5.10 Å². The normalized spacial score (nSPS) is 16.8. The predicted octanol–water partition coefficient (Wildman–Crippen LogP) is -0.737. The second-order valence-electron chi connectivity index (χ2n) is 4.36. The monoisotopic (exact) mass is 252 g/mol. The van der Waals surface area contributed by atoms with Gasteiger partial charge in [-0.15, -0.1) is 0 Å². The van der Waals surface area contributed by atoms with Crippen molar-refractivity contribution in [2.45, 2.75) is 0 Å². The standard InChI is InChI=1S/C11H16N4O3/c1-13-7-9(6-12-13)11(18)15-4-2-14(3-5-15)8-10(16)17/h6-7H,2-5,8H2,1H3,(H,16,17). The highest BCUT2D eigenvalue weighted by molar-refractivity contribution is 5.93. The fourth-order valence-electron chi connectivity index (χ4n) is 2.01. The van der Waals surface area contributed by atoms with Gasteiger partial charge in [0.05, 0.1) is 18.3 Å². The number of aromatic nitrogens is 2. The van der Waals surface area contributed by atoms with Crippen molar-refractivity contribution in [1.82, 2.24) is 19.6 Å². The van der Waals surface area contributed by atoms with Gasteiger partial charge in [-0.05, 0) is 0 Å². The predicted molar refractivity (Wildman–Crippen MR) is 63.2 cm³/mol. The number of rotatable bonds is 3. The molecule has 1 saturated heterocycles. The molecule has 0 bridgehead atoms. The summed E-state index contributed by atoms with van der Waals surface area (Å²) in [6.07, 6.45) is 3.23. The number of amides is 1. The lowest BCUT2D eigenvalue weighted by Crippen LogP contribution is -2.49. The number of carbonyl (C=O) groups excluding carboxylic acids is 1. The highest BCUT2D eigenvalue weighted by Gasteiger charge is 2.23. The van der Waals surface area contributed by atoms with Crippen molar-refractivity contribution < 1.29 is 14.7 Å². The van der Waals surface area contributed by atoms with Crippen molar-refractivity contribution in [2.75, 3.05) is 32.7 Å². The number of aryl methyl sites for hydroxylation is 1. The minimum atomic E-state index is -0.831. The van der Waals surface area contributed by atoms with Crippen molar-refractivity contribution in [2.24, 2.45) is 7.05 Å². The molecule has 0 radical (unpaired) electrons. The van der Waals surface area contributed by atoms with Crippen LogP contribution in [0.25, 0.3) is 0 Å². The van der Waals surface area contributed by atoms with E-state index in [4.69, 9.17) is 5.11 Å². The van der Waals surface area contributed by atoms with E-state index in [9.17, 15) is 9.59 Å². The first-order valence-corrected chi connectivity index (χ1v) is 5.78. The Hall–Kier alpha value is -1.89. The second kappa shape index (κ2) is 5.18. The number of hydrogen-bond acceptors (Lipinski definition) is 4. The van der Waals surface area contributed by atoms with E-state index in [1.807, 2.05) is 4.90 Å². The Labute approximate surface area is 105 Å². The summed E-state index contributed by atoms with van der Waals surface area (Å²) in [4.78, 5) is 26.2. The molecule has 7 nitrogen and oxygen atoms in total. The van der Waals surface area contributed by atoms with Gasteiger partial charge in [0.25, 0.3) is 5.91 Å². The molecule has 1 aliphatic rings. The Kier molecular flexibility index (Phi) is 3.61. The minimum Gasteiger partial charge on any atom is -0.480 e. The number of carboxylic acids is 1. The van der Waals surface area contributed by atoms with Crippen LogP contribution in [0.15, 0.2) is 12.4 Å². The van der Waals surface area contributed by atoms with Crippen molar-refractivity contribution in [3.05, 3.63) is 18.0 Å². The van der Waals surface area contributed by atoms with Gasteiger partial charge in [-0.3, -0.25) is 19.2 Å². The number of hydrogen-bond donors (Lipinski definition) is 1. The van der Waals surface area contributed by atoms with Crippen molar-refractivity contribution in [3.63, 3.8) is 0 Å². The van der Waals surface area contributed by atoms with Crippen LogP contribution in [0.4, 0.5) is 0 Å². The van der Waals surface area contributed by atoms with Crippen LogP contribution in [0.1, 0.15) is 10.4 Å². The third-order valence-corrected chi connectivity index (χ3v) is 2.97. The van der Waals surface area contributed by atoms with Gasteiger partial charge in [0, 0.05) is 39.4 Å². The average molecular weight is 252 g/mol. The van der Waals surface area contributed by atoms with Gasteiger partial charge in [0.2, 0.25) is 0 Å². The summed E-state index contributed by atoms with van der Waals surface area (Å²) < 4.78 is 1.59. The third kappa shape index (κ3) is 2.86. The smallest absolute Gasteiger partial charge is 0.317 e. The number of carboxylic acid groups (broad SMARTS) is 1. The second-order valence-corrected chi connectivity index (χ2v) is 4.36. The molecule has 1 fully saturated rings. The Morgan fingerprint density at radius 3 is 2.50 bits per heavy atom. The summed E-state index contributed by atoms with van der Waals surface area (Å²) in [5, 5.41) is 12.7. The van der Waals surface area contributed by atoms with Gasteiger partial charge in [0.1, 0.15) is 0 Å². The maximum atomic E-state index is 12.1. The van der Waals surface area contributed by atoms with Gasteiger partial charge in [-0.25, -0.2) is 0 Å². The first-order chi connectivity index (χ1) is 8.56. The summed E-state index contributed by atoms with van der Waals surface area (Å²) >= 11 is 0. The molecular formula is C11H16N4O3. The van der Waals surface area contributed by atoms with E-state index in [-0.39, 0.29) is 12.5 Å². The summed E-state index contributed by atoms with van der Waals surface area (Å²) in [5.74, 6) is -0.875. The Bertz CT molecular complexity index is 449. The molecule has 1 N–H and O–H groups in total.